The third kappa shape index (κ3) is 1.82. The van der Waals surface area contributed by atoms with Gasteiger partial charge in [0.1, 0.15) is 11.5 Å². The summed E-state index contributed by atoms with van der Waals surface area (Å²) in [6.45, 7) is 1.85. The highest BCUT2D eigenvalue weighted by atomic mass is 35.5. The van der Waals surface area contributed by atoms with Gasteiger partial charge in [-0.1, -0.05) is 17.7 Å². The van der Waals surface area contributed by atoms with E-state index in [-0.39, 0.29) is 5.69 Å². The monoisotopic (exact) mass is 242 g/mol. The molecule has 0 atom stereocenters. The lowest BCUT2D eigenvalue weighted by Crippen LogP contribution is -1.97. The first-order chi connectivity index (χ1) is 7.09. The summed E-state index contributed by atoms with van der Waals surface area (Å²) in [6, 6.07) is 4.54. The molecule has 15 heavy (non-hydrogen) atoms. The van der Waals surface area contributed by atoms with Gasteiger partial charge in [0.25, 0.3) is 0 Å². The number of hydrogen-bond donors (Lipinski definition) is 1. The first kappa shape index (κ1) is 10.4. The predicted octanol–water partition coefficient (Wildman–Crippen LogP) is 3.64. The molecule has 5 heteroatoms. The Bertz CT molecular complexity index is 539. The molecule has 0 radical (unpaired) electrons. The molecule has 0 unspecified atom stereocenters. The van der Waals surface area contributed by atoms with Crippen LogP contribution in [0.5, 0.6) is 0 Å². The number of aromatic nitrogens is 2. The van der Waals surface area contributed by atoms with Gasteiger partial charge in [0, 0.05) is 11.9 Å². The number of benzene rings is 1. The zero-order chi connectivity index (χ0) is 11.0. The number of hydrogen-bond acceptors (Lipinski definition) is 1. The molecule has 0 saturated carbocycles. The molecule has 1 heterocycles. The van der Waals surface area contributed by atoms with Crippen LogP contribution >= 0.6 is 23.8 Å². The summed E-state index contributed by atoms with van der Waals surface area (Å²) < 4.78 is 15.5. The van der Waals surface area contributed by atoms with E-state index in [1.54, 1.807) is 18.3 Å². The van der Waals surface area contributed by atoms with Crippen molar-refractivity contribution < 1.29 is 4.39 Å². The molecule has 0 spiro atoms. The number of rotatable bonds is 1. The van der Waals surface area contributed by atoms with Crippen molar-refractivity contribution in [1.82, 2.24) is 9.55 Å². The van der Waals surface area contributed by atoms with Crippen LogP contribution in [0.25, 0.3) is 5.69 Å². The van der Waals surface area contributed by atoms with Gasteiger partial charge >= 0.3 is 0 Å². The molecular formula is C10H8ClFN2S. The van der Waals surface area contributed by atoms with Gasteiger partial charge in [0.2, 0.25) is 0 Å². The number of halogens is 2. The fraction of sp³-hybridized carbons (Fsp3) is 0.100. The highest BCUT2D eigenvalue weighted by Crippen LogP contribution is 2.23. The summed E-state index contributed by atoms with van der Waals surface area (Å²) >= 11 is 11.0. The maximum atomic E-state index is 13.6. The van der Waals surface area contributed by atoms with Gasteiger partial charge in [-0.25, -0.2) is 4.39 Å². The van der Waals surface area contributed by atoms with Crippen molar-refractivity contribution in [2.24, 2.45) is 0 Å². The van der Waals surface area contributed by atoms with E-state index < -0.39 is 5.82 Å². The second-order valence-electron chi connectivity index (χ2n) is 3.18. The molecule has 0 bridgehead atoms. The molecular weight excluding hydrogens is 235 g/mol. The van der Waals surface area contributed by atoms with Gasteiger partial charge in [0.15, 0.2) is 4.77 Å². The van der Waals surface area contributed by atoms with E-state index >= 15 is 0 Å². The lowest BCUT2D eigenvalue weighted by Gasteiger charge is -2.05. The van der Waals surface area contributed by atoms with E-state index in [2.05, 4.69) is 4.98 Å². The quantitative estimate of drug-likeness (QED) is 0.758. The molecule has 2 rings (SSSR count). The standard InChI is InChI=1S/C10H8ClFN2S/c1-6-5-14(10(15)13-6)9-7(11)3-2-4-8(9)12/h2-5H,1H3,(H,13,15). The SMILES string of the molecule is Cc1cn(-c2c(F)cccc2Cl)c(=S)[nH]1. The average molecular weight is 243 g/mol. The van der Waals surface area contributed by atoms with E-state index in [1.165, 1.54) is 10.6 Å². The van der Waals surface area contributed by atoms with Gasteiger partial charge in [0.05, 0.1) is 5.02 Å². The molecule has 0 aliphatic carbocycles. The van der Waals surface area contributed by atoms with E-state index in [4.69, 9.17) is 23.8 Å². The fourth-order valence-electron chi connectivity index (χ4n) is 1.40. The molecule has 2 nitrogen and oxygen atoms in total. The lowest BCUT2D eigenvalue weighted by molar-refractivity contribution is 0.617. The first-order valence-electron chi connectivity index (χ1n) is 4.32. The van der Waals surface area contributed by atoms with Gasteiger partial charge in [-0.15, -0.1) is 0 Å². The molecule has 0 amide bonds. The Labute approximate surface area is 96.3 Å². The summed E-state index contributed by atoms with van der Waals surface area (Å²) in [6.07, 6.45) is 1.71. The zero-order valence-electron chi connectivity index (χ0n) is 7.92. The number of imidazole rings is 1. The summed E-state index contributed by atoms with van der Waals surface area (Å²) in [5.41, 5.74) is 1.15. The molecule has 0 aliphatic heterocycles. The molecule has 78 valence electrons. The third-order valence-corrected chi connectivity index (χ3v) is 2.63. The van der Waals surface area contributed by atoms with E-state index in [1.807, 2.05) is 6.92 Å². The Balaban J connectivity index is 2.74. The zero-order valence-corrected chi connectivity index (χ0v) is 9.49. The second-order valence-corrected chi connectivity index (χ2v) is 3.98. The van der Waals surface area contributed by atoms with Crippen LogP contribution in [-0.4, -0.2) is 9.55 Å². The second kappa shape index (κ2) is 3.79. The summed E-state index contributed by atoms with van der Waals surface area (Å²) in [5.74, 6) is -0.391. The fourth-order valence-corrected chi connectivity index (χ4v) is 1.96. The molecule has 0 saturated heterocycles. The molecule has 2 aromatic rings. The summed E-state index contributed by atoms with van der Waals surface area (Å²) in [7, 11) is 0. The molecule has 1 aromatic heterocycles. The lowest BCUT2D eigenvalue weighted by atomic mass is 10.3. The predicted molar refractivity (Wildman–Crippen MR) is 60.7 cm³/mol. The van der Waals surface area contributed by atoms with Crippen molar-refractivity contribution in [2.75, 3.05) is 0 Å². The number of aryl methyl sites for hydroxylation is 1. The Morgan fingerprint density at radius 3 is 2.73 bits per heavy atom. The van der Waals surface area contributed by atoms with Crippen LogP contribution < -0.4 is 0 Å². The maximum absolute atomic E-state index is 13.6. The van der Waals surface area contributed by atoms with Crippen molar-refractivity contribution in [2.45, 2.75) is 6.92 Å². The van der Waals surface area contributed by atoms with Gasteiger partial charge in [-0.05, 0) is 31.3 Å². The van der Waals surface area contributed by atoms with Crippen molar-refractivity contribution in [3.05, 3.63) is 45.7 Å². The molecule has 0 fully saturated rings. The normalized spacial score (nSPS) is 10.6. The molecule has 1 aromatic carbocycles. The van der Waals surface area contributed by atoms with Gasteiger partial charge in [-0.3, -0.25) is 4.57 Å². The van der Waals surface area contributed by atoms with Gasteiger partial charge in [-0.2, -0.15) is 0 Å². The third-order valence-electron chi connectivity index (χ3n) is 2.02. The number of nitrogens with zero attached hydrogens (tertiary/aromatic N) is 1. The number of H-pyrrole nitrogens is 1. The van der Waals surface area contributed by atoms with Crippen molar-refractivity contribution in [3.8, 4) is 5.69 Å². The highest BCUT2D eigenvalue weighted by Gasteiger charge is 2.10. The Morgan fingerprint density at radius 1 is 1.47 bits per heavy atom. The number of para-hydroxylation sites is 1. The van der Waals surface area contributed by atoms with Crippen LogP contribution in [-0.2, 0) is 0 Å². The van der Waals surface area contributed by atoms with E-state index in [0.29, 0.717) is 9.79 Å². The van der Waals surface area contributed by atoms with E-state index in [9.17, 15) is 4.39 Å². The van der Waals surface area contributed by atoms with Crippen LogP contribution in [0.1, 0.15) is 5.69 Å². The van der Waals surface area contributed by atoms with Crippen molar-refractivity contribution >= 4 is 23.8 Å². The smallest absolute Gasteiger partial charge is 0.182 e. The topological polar surface area (TPSA) is 20.7 Å². The Kier molecular flexibility index (Phi) is 2.63. The molecule has 1 N–H and O–H groups in total. The number of nitrogens with one attached hydrogen (secondary N) is 1. The van der Waals surface area contributed by atoms with Crippen LogP contribution in [0.2, 0.25) is 5.02 Å². The largest absolute Gasteiger partial charge is 0.335 e. The van der Waals surface area contributed by atoms with Crippen LogP contribution in [0.4, 0.5) is 4.39 Å². The minimum Gasteiger partial charge on any atom is -0.335 e. The van der Waals surface area contributed by atoms with Crippen molar-refractivity contribution in [3.63, 3.8) is 0 Å². The Hall–Kier alpha value is -1.13. The summed E-state index contributed by atoms with van der Waals surface area (Å²) in [4.78, 5) is 2.91. The van der Waals surface area contributed by atoms with Gasteiger partial charge < -0.3 is 4.98 Å². The molecule has 0 aliphatic rings. The van der Waals surface area contributed by atoms with Crippen molar-refractivity contribution in [1.29, 1.82) is 0 Å². The van der Waals surface area contributed by atoms with Crippen LogP contribution in [0.15, 0.2) is 24.4 Å². The minimum atomic E-state index is -0.391. The van der Waals surface area contributed by atoms with E-state index in [0.717, 1.165) is 5.69 Å². The summed E-state index contributed by atoms with van der Waals surface area (Å²) in [5, 5.41) is 0.338. The first-order valence-corrected chi connectivity index (χ1v) is 5.11. The highest BCUT2D eigenvalue weighted by molar-refractivity contribution is 7.71. The Morgan fingerprint density at radius 2 is 2.20 bits per heavy atom. The minimum absolute atomic E-state index is 0.286. The van der Waals surface area contributed by atoms with Crippen LogP contribution in [0, 0.1) is 17.5 Å². The average Bonchev–Trinajstić information content (AvgIpc) is 2.45. The van der Waals surface area contributed by atoms with Crippen LogP contribution in [0.3, 0.4) is 0 Å². The number of aromatic amines is 1. The maximum Gasteiger partial charge on any atom is 0.182 e.